The SMILES string of the molecule is [2H]c1c([2H])c(C(=O)N([2H])C([2H])([2H])C(=O)O)c([2H])c([2H])c1C. The van der Waals surface area contributed by atoms with Crippen molar-refractivity contribution in [2.24, 2.45) is 0 Å². The first-order valence-corrected chi connectivity index (χ1v) is 3.58. The summed E-state index contributed by atoms with van der Waals surface area (Å²) in [7, 11) is 0. The number of nitrogens with one attached hydrogen (secondary N) is 1. The molecule has 1 aromatic rings. The monoisotopic (exact) mass is 200 g/mol. The Kier molecular flexibility index (Phi) is 1.30. The van der Waals surface area contributed by atoms with Gasteiger partial charge in [0.05, 0.1) is 8.22 Å². The van der Waals surface area contributed by atoms with Crippen molar-refractivity contribution in [3.63, 3.8) is 0 Å². The maximum absolute atomic E-state index is 12.0. The fourth-order valence-corrected chi connectivity index (χ4v) is 0.636. The van der Waals surface area contributed by atoms with E-state index in [1.807, 2.05) is 0 Å². The average Bonchev–Trinajstić information content (AvgIpc) is 2.41. The maximum Gasteiger partial charge on any atom is 0.322 e. The summed E-state index contributed by atoms with van der Waals surface area (Å²) < 4.78 is 51.9. The highest BCUT2D eigenvalue weighted by Gasteiger charge is 2.05. The summed E-state index contributed by atoms with van der Waals surface area (Å²) in [6, 6.07) is -2.53. The van der Waals surface area contributed by atoms with Crippen molar-refractivity contribution in [2.75, 3.05) is 6.50 Å². The van der Waals surface area contributed by atoms with Gasteiger partial charge in [0.2, 0.25) is 0 Å². The Morgan fingerprint density at radius 3 is 2.64 bits per heavy atom. The molecule has 1 rings (SSSR count). The Hall–Kier alpha value is -1.84. The quantitative estimate of drug-likeness (QED) is 0.758. The van der Waals surface area contributed by atoms with Gasteiger partial charge in [0.1, 0.15) is 6.50 Å². The van der Waals surface area contributed by atoms with Gasteiger partial charge in [-0.25, -0.2) is 0 Å². The molecule has 0 fully saturated rings. The molecule has 0 atom stereocenters. The molecular weight excluding hydrogens is 182 g/mol. The van der Waals surface area contributed by atoms with E-state index in [0.29, 0.717) is 0 Å². The zero-order chi connectivity index (χ0) is 16.7. The standard InChI is InChI=1S/C10H11NO3/c1-7-2-4-8(5-3-7)10(14)11-6-9(12)13/h2-5H,6H2,1H3,(H,11,14)(H,12,13)/i2D,3D,4D,5D,6D2/hD. The Morgan fingerprint density at radius 1 is 1.57 bits per heavy atom. The molecule has 74 valence electrons. The number of carboxylic acid groups (broad SMARTS) is 1. The predicted octanol–water partition coefficient (Wildman–Crippen LogP) is 0.809. The Labute approximate surface area is 91.5 Å². The van der Waals surface area contributed by atoms with E-state index in [9.17, 15) is 9.59 Å². The van der Waals surface area contributed by atoms with Crippen LogP contribution >= 0.6 is 0 Å². The van der Waals surface area contributed by atoms with Crippen LogP contribution in [0.1, 0.15) is 24.1 Å². The zero-order valence-corrected chi connectivity index (χ0v) is 7.21. The Balaban J connectivity index is 3.49. The van der Waals surface area contributed by atoms with Crippen LogP contribution in [0.25, 0.3) is 0 Å². The van der Waals surface area contributed by atoms with Crippen LogP contribution < -0.4 is 5.31 Å². The lowest BCUT2D eigenvalue weighted by molar-refractivity contribution is -0.135. The normalized spacial score (nSPS) is 17.6. The molecule has 0 aromatic heterocycles. The third kappa shape index (κ3) is 2.90. The van der Waals surface area contributed by atoms with E-state index in [2.05, 4.69) is 0 Å². The lowest BCUT2D eigenvalue weighted by Gasteiger charge is -2.01. The van der Waals surface area contributed by atoms with Crippen molar-refractivity contribution < 1.29 is 24.3 Å². The molecule has 4 heteroatoms. The highest BCUT2D eigenvalue weighted by molar-refractivity contribution is 5.95. The first-order valence-electron chi connectivity index (χ1n) is 7.03. The number of rotatable bonds is 3. The molecule has 0 aliphatic rings. The second-order valence-corrected chi connectivity index (χ2v) is 2.33. The van der Waals surface area contributed by atoms with Crippen molar-refractivity contribution in [3.8, 4) is 0 Å². The van der Waals surface area contributed by atoms with Gasteiger partial charge in [0.15, 0.2) is 1.41 Å². The molecule has 14 heavy (non-hydrogen) atoms. The molecule has 4 nitrogen and oxygen atoms in total. The summed E-state index contributed by atoms with van der Waals surface area (Å²) in [4.78, 5) is 22.7. The van der Waals surface area contributed by atoms with E-state index >= 15 is 0 Å². The second kappa shape index (κ2) is 4.41. The summed E-state index contributed by atoms with van der Waals surface area (Å²) >= 11 is 0. The van der Waals surface area contributed by atoms with Crippen molar-refractivity contribution in [1.82, 2.24) is 5.31 Å². The van der Waals surface area contributed by atoms with Crippen molar-refractivity contribution in [1.29, 1.82) is 0 Å². The zero-order valence-electron chi connectivity index (χ0n) is 14.2. The highest BCUT2D eigenvalue weighted by atomic mass is 16.4. The van der Waals surface area contributed by atoms with Gasteiger partial charge in [-0.3, -0.25) is 9.59 Å². The fourth-order valence-electron chi connectivity index (χ4n) is 0.636. The van der Waals surface area contributed by atoms with E-state index in [4.69, 9.17) is 14.7 Å². The van der Waals surface area contributed by atoms with Crippen LogP contribution in [0.5, 0.6) is 0 Å². The first kappa shape index (κ1) is 4.13. The smallest absolute Gasteiger partial charge is 0.322 e. The van der Waals surface area contributed by atoms with Crippen LogP contribution in [-0.4, -0.2) is 23.5 Å². The molecule has 1 aromatic carbocycles. The second-order valence-electron chi connectivity index (χ2n) is 2.33. The summed E-state index contributed by atoms with van der Waals surface area (Å²) in [6.45, 7) is -2.06. The van der Waals surface area contributed by atoms with Gasteiger partial charge in [-0.05, 0) is 19.0 Å². The molecule has 0 saturated carbocycles. The van der Waals surface area contributed by atoms with Gasteiger partial charge in [-0.2, -0.15) is 0 Å². The number of carboxylic acids is 1. The summed E-state index contributed by atoms with van der Waals surface area (Å²) in [5, 5.41) is 8.12. The number of aliphatic carboxylic acids is 1. The molecule has 0 unspecified atom stereocenters. The Morgan fingerprint density at radius 2 is 2.14 bits per heavy atom. The van der Waals surface area contributed by atoms with Crippen molar-refractivity contribution in [3.05, 3.63) is 35.3 Å². The number of carbonyl (C=O) groups excluding carboxylic acids is 1. The third-order valence-electron chi connectivity index (χ3n) is 1.22. The van der Waals surface area contributed by atoms with Gasteiger partial charge in [-0.1, -0.05) is 17.6 Å². The van der Waals surface area contributed by atoms with Crippen LogP contribution in [0.15, 0.2) is 24.2 Å². The maximum atomic E-state index is 12.0. The van der Waals surface area contributed by atoms with Gasteiger partial charge in [0, 0.05) is 5.56 Å². The summed E-state index contributed by atoms with van der Waals surface area (Å²) in [6.07, 6.45) is 0. The fraction of sp³-hybridized carbons (Fsp3) is 0.200. The molecule has 0 aliphatic heterocycles. The van der Waals surface area contributed by atoms with Gasteiger partial charge in [0.25, 0.3) is 5.91 Å². The van der Waals surface area contributed by atoms with E-state index < -0.39 is 53.4 Å². The first-order chi connectivity index (χ1) is 9.44. The lowest BCUT2D eigenvalue weighted by atomic mass is 10.1. The molecule has 0 radical (unpaired) electrons. The average molecular weight is 200 g/mol. The molecule has 0 bridgehead atoms. The highest BCUT2D eigenvalue weighted by Crippen LogP contribution is 2.02. The molecule has 1 amide bonds. The molecule has 0 spiro atoms. The minimum Gasteiger partial charge on any atom is -0.480 e. The number of benzene rings is 1. The van der Waals surface area contributed by atoms with Crippen molar-refractivity contribution >= 4 is 11.9 Å². The number of hydrogen-bond acceptors (Lipinski definition) is 2. The lowest BCUT2D eigenvalue weighted by Crippen LogP contribution is -2.29. The number of carbonyl (C=O) groups is 2. The number of hydrogen-bond donors (Lipinski definition) is 2. The van der Waals surface area contributed by atoms with Crippen LogP contribution in [-0.2, 0) is 4.79 Å². The predicted molar refractivity (Wildman–Crippen MR) is 51.1 cm³/mol. The molecule has 0 saturated heterocycles. The van der Waals surface area contributed by atoms with E-state index in [1.54, 1.807) is 0 Å². The molecule has 2 N–H and O–H groups in total. The Bertz CT molecular complexity index is 603. The third-order valence-corrected chi connectivity index (χ3v) is 1.22. The van der Waals surface area contributed by atoms with Gasteiger partial charge >= 0.3 is 5.97 Å². The number of amides is 1. The van der Waals surface area contributed by atoms with E-state index in [0.717, 1.165) is 0 Å². The topological polar surface area (TPSA) is 66.4 Å². The van der Waals surface area contributed by atoms with Gasteiger partial charge in [-0.15, -0.1) is 0 Å². The van der Waals surface area contributed by atoms with E-state index in [1.165, 1.54) is 6.92 Å². The van der Waals surface area contributed by atoms with Crippen LogP contribution in [0.2, 0.25) is 1.41 Å². The van der Waals surface area contributed by atoms with Gasteiger partial charge < -0.3 is 10.4 Å². The molecular formula is C10H11NO3. The van der Waals surface area contributed by atoms with Crippen LogP contribution in [0, 0.1) is 6.92 Å². The molecule has 0 aliphatic carbocycles. The van der Waals surface area contributed by atoms with Crippen molar-refractivity contribution in [2.45, 2.75) is 6.92 Å². The summed E-state index contributed by atoms with van der Waals surface area (Å²) in [5.41, 5.74) is -0.866. The summed E-state index contributed by atoms with van der Waals surface area (Å²) in [5.74, 6) is -3.66. The minimum absolute atomic E-state index is 0.0145. The van der Waals surface area contributed by atoms with E-state index in [-0.39, 0.29) is 5.56 Å². The van der Waals surface area contributed by atoms with Crippen LogP contribution in [0.4, 0.5) is 0 Å². The van der Waals surface area contributed by atoms with Crippen LogP contribution in [0.3, 0.4) is 0 Å². The largest absolute Gasteiger partial charge is 0.480 e. The molecule has 0 heterocycles. The minimum atomic E-state index is -3.37.